The molecule has 1 aliphatic rings. The van der Waals surface area contributed by atoms with E-state index in [0.29, 0.717) is 13.1 Å². The fourth-order valence-electron chi connectivity index (χ4n) is 3.30. The highest BCUT2D eigenvalue weighted by atomic mass is 32.2. The molecule has 1 heterocycles. The largest absolute Gasteiger partial charge is 0.243 e. The Morgan fingerprint density at radius 1 is 0.889 bits per heavy atom. The van der Waals surface area contributed by atoms with Gasteiger partial charge in [-0.1, -0.05) is 30.3 Å². The van der Waals surface area contributed by atoms with Crippen LogP contribution in [0.1, 0.15) is 24.3 Å². The van der Waals surface area contributed by atoms with E-state index >= 15 is 0 Å². The van der Waals surface area contributed by atoms with Crippen LogP contribution in [-0.4, -0.2) is 52.6 Å². The van der Waals surface area contributed by atoms with Crippen molar-refractivity contribution >= 4 is 20.0 Å². The minimum Gasteiger partial charge on any atom is -0.207 e. The standard InChI is InChI=1S/C19H24N2O4S2/c1-20(2)26(22,23)18-10-12-19(13-11-18)27(24,25)21-14-6-9-17(15-21)16-7-4-3-5-8-16/h3-5,7-8,10-13,17H,6,9,14-15H2,1-2H3/t17-/m1/s1. The summed E-state index contributed by atoms with van der Waals surface area (Å²) < 4.78 is 53.0. The van der Waals surface area contributed by atoms with E-state index in [2.05, 4.69) is 0 Å². The van der Waals surface area contributed by atoms with Crippen molar-refractivity contribution in [2.24, 2.45) is 0 Å². The van der Waals surface area contributed by atoms with E-state index in [9.17, 15) is 16.8 Å². The van der Waals surface area contributed by atoms with Crippen molar-refractivity contribution in [2.75, 3.05) is 27.2 Å². The van der Waals surface area contributed by atoms with E-state index < -0.39 is 20.0 Å². The maximum absolute atomic E-state index is 13.0. The van der Waals surface area contributed by atoms with Gasteiger partial charge in [0, 0.05) is 27.2 Å². The smallest absolute Gasteiger partial charge is 0.207 e. The van der Waals surface area contributed by atoms with Crippen LogP contribution < -0.4 is 0 Å². The summed E-state index contributed by atoms with van der Waals surface area (Å²) in [6.07, 6.45) is 1.75. The molecule has 0 amide bonds. The maximum Gasteiger partial charge on any atom is 0.243 e. The Morgan fingerprint density at radius 3 is 2.07 bits per heavy atom. The van der Waals surface area contributed by atoms with Crippen LogP contribution in [0.2, 0.25) is 0 Å². The second-order valence-corrected chi connectivity index (χ2v) is 11.0. The van der Waals surface area contributed by atoms with Gasteiger partial charge in [0.15, 0.2) is 0 Å². The summed E-state index contributed by atoms with van der Waals surface area (Å²) in [5.41, 5.74) is 1.14. The first-order valence-electron chi connectivity index (χ1n) is 8.80. The fourth-order valence-corrected chi connectivity index (χ4v) is 5.73. The summed E-state index contributed by atoms with van der Waals surface area (Å²) in [4.78, 5) is 0.196. The number of sulfonamides is 2. The van der Waals surface area contributed by atoms with Gasteiger partial charge in [-0.15, -0.1) is 0 Å². The predicted octanol–water partition coefficient (Wildman–Crippen LogP) is 2.51. The van der Waals surface area contributed by atoms with Crippen molar-refractivity contribution in [3.63, 3.8) is 0 Å². The number of piperidine rings is 1. The number of hydrogen-bond acceptors (Lipinski definition) is 4. The summed E-state index contributed by atoms with van der Waals surface area (Å²) in [5.74, 6) is 0.170. The van der Waals surface area contributed by atoms with E-state index in [-0.39, 0.29) is 15.7 Å². The van der Waals surface area contributed by atoms with Crippen LogP contribution in [0.3, 0.4) is 0 Å². The van der Waals surface area contributed by atoms with Crippen molar-refractivity contribution in [3.05, 3.63) is 60.2 Å². The van der Waals surface area contributed by atoms with Gasteiger partial charge in [-0.3, -0.25) is 0 Å². The molecule has 0 aliphatic carbocycles. The first-order chi connectivity index (χ1) is 12.7. The summed E-state index contributed by atoms with van der Waals surface area (Å²) >= 11 is 0. The van der Waals surface area contributed by atoms with Crippen molar-refractivity contribution in [2.45, 2.75) is 28.6 Å². The maximum atomic E-state index is 13.0. The van der Waals surface area contributed by atoms with Gasteiger partial charge in [-0.05, 0) is 48.6 Å². The first-order valence-corrected chi connectivity index (χ1v) is 11.7. The average molecular weight is 409 g/mol. The topological polar surface area (TPSA) is 74.8 Å². The minimum atomic E-state index is -3.66. The highest BCUT2D eigenvalue weighted by Crippen LogP contribution is 2.30. The number of hydrogen-bond donors (Lipinski definition) is 0. The molecule has 1 atom stereocenters. The highest BCUT2D eigenvalue weighted by Gasteiger charge is 2.31. The van der Waals surface area contributed by atoms with E-state index in [1.54, 1.807) is 0 Å². The third-order valence-electron chi connectivity index (χ3n) is 4.90. The Bertz CT molecular complexity index is 986. The Labute approximate surface area is 161 Å². The zero-order valence-corrected chi connectivity index (χ0v) is 17.1. The predicted molar refractivity (Wildman–Crippen MR) is 104 cm³/mol. The van der Waals surface area contributed by atoms with Crippen LogP contribution in [0.25, 0.3) is 0 Å². The molecule has 0 saturated carbocycles. The fraction of sp³-hybridized carbons (Fsp3) is 0.368. The molecule has 0 aromatic heterocycles. The van der Waals surface area contributed by atoms with Gasteiger partial charge in [-0.2, -0.15) is 4.31 Å². The Balaban J connectivity index is 1.84. The second kappa shape index (κ2) is 7.71. The molecule has 8 heteroatoms. The minimum absolute atomic E-state index is 0.0762. The molecule has 3 rings (SSSR count). The molecule has 0 spiro atoms. The third kappa shape index (κ3) is 4.08. The average Bonchev–Trinajstić information content (AvgIpc) is 2.68. The van der Waals surface area contributed by atoms with Crippen LogP contribution in [-0.2, 0) is 20.0 Å². The lowest BCUT2D eigenvalue weighted by Gasteiger charge is -2.32. The molecule has 0 radical (unpaired) electrons. The van der Waals surface area contributed by atoms with Gasteiger partial charge in [0.1, 0.15) is 0 Å². The molecule has 146 valence electrons. The van der Waals surface area contributed by atoms with Crippen molar-refractivity contribution in [1.82, 2.24) is 8.61 Å². The van der Waals surface area contributed by atoms with Gasteiger partial charge in [0.2, 0.25) is 20.0 Å². The molecule has 1 saturated heterocycles. The van der Waals surface area contributed by atoms with E-state index in [1.165, 1.54) is 42.7 Å². The monoisotopic (exact) mass is 408 g/mol. The second-order valence-electron chi connectivity index (χ2n) is 6.87. The molecule has 1 aliphatic heterocycles. The van der Waals surface area contributed by atoms with Crippen LogP contribution >= 0.6 is 0 Å². The molecule has 6 nitrogen and oxygen atoms in total. The van der Waals surface area contributed by atoms with Gasteiger partial charge in [0.05, 0.1) is 9.79 Å². The van der Waals surface area contributed by atoms with Gasteiger partial charge >= 0.3 is 0 Å². The zero-order valence-electron chi connectivity index (χ0n) is 15.4. The van der Waals surface area contributed by atoms with E-state index in [4.69, 9.17) is 0 Å². The molecule has 2 aromatic carbocycles. The van der Waals surface area contributed by atoms with Gasteiger partial charge in [0.25, 0.3) is 0 Å². The molecular formula is C19H24N2O4S2. The first kappa shape index (κ1) is 20.0. The molecular weight excluding hydrogens is 384 g/mol. The van der Waals surface area contributed by atoms with E-state index in [1.807, 2.05) is 30.3 Å². The van der Waals surface area contributed by atoms with Crippen molar-refractivity contribution in [1.29, 1.82) is 0 Å². The van der Waals surface area contributed by atoms with Crippen molar-refractivity contribution < 1.29 is 16.8 Å². The molecule has 0 bridgehead atoms. The highest BCUT2D eigenvalue weighted by molar-refractivity contribution is 7.89. The van der Waals surface area contributed by atoms with Crippen LogP contribution in [0.15, 0.2) is 64.4 Å². The SMILES string of the molecule is CN(C)S(=O)(=O)c1ccc(S(=O)(=O)N2CCC[C@@H](c3ccccc3)C2)cc1. The number of benzene rings is 2. The third-order valence-corrected chi connectivity index (χ3v) is 8.60. The number of rotatable bonds is 5. The van der Waals surface area contributed by atoms with E-state index in [0.717, 1.165) is 22.7 Å². The van der Waals surface area contributed by atoms with Crippen LogP contribution in [0.4, 0.5) is 0 Å². The van der Waals surface area contributed by atoms with Crippen LogP contribution in [0.5, 0.6) is 0 Å². The summed E-state index contributed by atoms with van der Waals surface area (Å²) in [6.45, 7) is 0.910. The molecule has 0 unspecified atom stereocenters. The van der Waals surface area contributed by atoms with Gasteiger partial charge < -0.3 is 0 Å². The quantitative estimate of drug-likeness (QED) is 0.762. The summed E-state index contributed by atoms with van der Waals surface area (Å²) in [6, 6.07) is 15.4. The lowest BCUT2D eigenvalue weighted by molar-refractivity contribution is 0.315. The molecule has 2 aromatic rings. The lowest BCUT2D eigenvalue weighted by Crippen LogP contribution is -2.39. The van der Waals surface area contributed by atoms with Crippen molar-refractivity contribution in [3.8, 4) is 0 Å². The summed E-state index contributed by atoms with van der Waals surface area (Å²) in [7, 11) is -4.36. The lowest BCUT2D eigenvalue weighted by atomic mass is 9.92. The normalized spacial score (nSPS) is 19.3. The molecule has 0 N–H and O–H groups in total. The molecule has 27 heavy (non-hydrogen) atoms. The summed E-state index contributed by atoms with van der Waals surface area (Å²) in [5, 5.41) is 0. The number of nitrogens with zero attached hydrogens (tertiary/aromatic N) is 2. The zero-order chi connectivity index (χ0) is 19.7. The Kier molecular flexibility index (Phi) is 5.71. The van der Waals surface area contributed by atoms with Gasteiger partial charge in [-0.25, -0.2) is 21.1 Å². The molecule has 1 fully saturated rings. The Morgan fingerprint density at radius 2 is 1.48 bits per heavy atom. The Hall–Kier alpha value is -1.74. The van der Waals surface area contributed by atoms with Crippen LogP contribution in [0, 0.1) is 0 Å².